The molecular weight excluding hydrogens is 196 g/mol. The third kappa shape index (κ3) is 9.17. The molecule has 0 aliphatic rings. The Labute approximate surface area is 103 Å². The fraction of sp³-hybridized carbons (Fsp3) is 1.00. The fourth-order valence-corrected chi connectivity index (χ4v) is 1.75. The molecule has 2 heteroatoms. The number of nitrogens with zero attached hydrogens (tertiary/aromatic N) is 1. The Bertz CT molecular complexity index is 149. The molecule has 0 saturated carbocycles. The summed E-state index contributed by atoms with van der Waals surface area (Å²) in [6, 6.07) is 0. The zero-order valence-corrected chi connectivity index (χ0v) is 11.9. The lowest BCUT2D eigenvalue weighted by molar-refractivity contribution is 0.135. The fourth-order valence-electron chi connectivity index (χ4n) is 1.75. The van der Waals surface area contributed by atoms with Gasteiger partial charge in [-0.15, -0.1) is 0 Å². The van der Waals surface area contributed by atoms with Gasteiger partial charge in [-0.25, -0.2) is 5.01 Å². The maximum absolute atomic E-state index is 5.96. The van der Waals surface area contributed by atoms with Crippen LogP contribution >= 0.6 is 0 Å². The van der Waals surface area contributed by atoms with Crippen molar-refractivity contribution in [3.63, 3.8) is 0 Å². The van der Waals surface area contributed by atoms with E-state index >= 15 is 0 Å². The average molecular weight is 228 g/mol. The average Bonchev–Trinajstić information content (AvgIpc) is 2.20. The summed E-state index contributed by atoms with van der Waals surface area (Å²) < 4.78 is 0. The van der Waals surface area contributed by atoms with E-state index in [4.69, 9.17) is 5.84 Å². The highest BCUT2D eigenvalue weighted by Crippen LogP contribution is 2.11. The van der Waals surface area contributed by atoms with Gasteiger partial charge < -0.3 is 0 Å². The van der Waals surface area contributed by atoms with Gasteiger partial charge in [-0.3, -0.25) is 5.84 Å². The predicted molar refractivity (Wildman–Crippen MR) is 73.3 cm³/mol. The Morgan fingerprint density at radius 2 is 1.25 bits per heavy atom. The summed E-state index contributed by atoms with van der Waals surface area (Å²) in [7, 11) is 0. The molecule has 0 saturated heterocycles. The summed E-state index contributed by atoms with van der Waals surface area (Å²) in [4.78, 5) is 0. The van der Waals surface area contributed by atoms with Gasteiger partial charge in [0.15, 0.2) is 0 Å². The highest BCUT2D eigenvalue weighted by Gasteiger charge is 2.16. The van der Waals surface area contributed by atoms with E-state index < -0.39 is 0 Å². The minimum Gasteiger partial charge on any atom is -0.268 e. The second-order valence-corrected chi connectivity index (χ2v) is 5.84. The van der Waals surface area contributed by atoms with Crippen LogP contribution in [0, 0.1) is 0 Å². The van der Waals surface area contributed by atoms with E-state index in [0.29, 0.717) is 0 Å². The Kier molecular flexibility index (Phi) is 8.96. The number of rotatable bonds is 9. The number of hydrogen-bond donors (Lipinski definition) is 1. The van der Waals surface area contributed by atoms with Crippen LogP contribution in [0.1, 0.15) is 79.1 Å². The van der Waals surface area contributed by atoms with Crippen LogP contribution in [0.2, 0.25) is 0 Å². The van der Waals surface area contributed by atoms with Crippen LogP contribution in [0.4, 0.5) is 0 Å². The Hall–Kier alpha value is -0.0800. The number of hydrogen-bond acceptors (Lipinski definition) is 2. The smallest absolute Gasteiger partial charge is 0.0267 e. The molecular formula is C14H32N2. The van der Waals surface area contributed by atoms with Crippen LogP contribution < -0.4 is 5.84 Å². The Morgan fingerprint density at radius 3 is 1.69 bits per heavy atom. The van der Waals surface area contributed by atoms with Gasteiger partial charge in [-0.05, 0) is 27.2 Å². The topological polar surface area (TPSA) is 29.3 Å². The van der Waals surface area contributed by atoms with Gasteiger partial charge >= 0.3 is 0 Å². The number of hydrazine groups is 1. The van der Waals surface area contributed by atoms with E-state index in [0.717, 1.165) is 6.54 Å². The summed E-state index contributed by atoms with van der Waals surface area (Å²) in [5, 5.41) is 1.96. The van der Waals surface area contributed by atoms with Gasteiger partial charge in [0.2, 0.25) is 0 Å². The van der Waals surface area contributed by atoms with Crippen LogP contribution in [0.15, 0.2) is 0 Å². The maximum Gasteiger partial charge on any atom is 0.0267 e. The standard InChI is InChI=1S/C14H32N2/c1-5-6-7-8-9-10-11-12-13-16(15)14(2,3)4/h5-13,15H2,1-4H3. The van der Waals surface area contributed by atoms with Crippen LogP contribution in [0.3, 0.4) is 0 Å². The maximum atomic E-state index is 5.96. The van der Waals surface area contributed by atoms with Crippen molar-refractivity contribution in [2.75, 3.05) is 6.54 Å². The molecule has 0 bridgehead atoms. The highest BCUT2D eigenvalue weighted by atomic mass is 15.4. The molecule has 0 amide bonds. The SMILES string of the molecule is CCCCCCCCCCN(N)C(C)(C)C. The molecule has 0 aliphatic carbocycles. The third-order valence-electron chi connectivity index (χ3n) is 3.11. The first-order valence-electron chi connectivity index (χ1n) is 7.01. The molecule has 0 aromatic heterocycles. The molecule has 0 aromatic carbocycles. The molecule has 2 nitrogen and oxygen atoms in total. The van der Waals surface area contributed by atoms with E-state index in [1.54, 1.807) is 0 Å². The van der Waals surface area contributed by atoms with Crippen LogP contribution in [-0.4, -0.2) is 17.1 Å². The van der Waals surface area contributed by atoms with Crippen molar-refractivity contribution in [2.24, 2.45) is 5.84 Å². The quantitative estimate of drug-likeness (QED) is 0.366. The van der Waals surface area contributed by atoms with Gasteiger partial charge in [0.25, 0.3) is 0 Å². The first kappa shape index (κ1) is 15.9. The van der Waals surface area contributed by atoms with E-state index in [1.165, 1.54) is 51.4 Å². The van der Waals surface area contributed by atoms with Gasteiger partial charge in [-0.2, -0.15) is 0 Å². The molecule has 98 valence electrons. The van der Waals surface area contributed by atoms with Gasteiger partial charge in [0.05, 0.1) is 0 Å². The van der Waals surface area contributed by atoms with E-state index in [-0.39, 0.29) is 5.54 Å². The summed E-state index contributed by atoms with van der Waals surface area (Å²) >= 11 is 0. The highest BCUT2D eigenvalue weighted by molar-refractivity contribution is 4.70. The lowest BCUT2D eigenvalue weighted by Gasteiger charge is -2.31. The molecule has 2 N–H and O–H groups in total. The van der Waals surface area contributed by atoms with E-state index in [2.05, 4.69) is 27.7 Å². The molecule has 16 heavy (non-hydrogen) atoms. The van der Waals surface area contributed by atoms with Gasteiger partial charge in [0.1, 0.15) is 0 Å². The summed E-state index contributed by atoms with van der Waals surface area (Å²) in [6.45, 7) is 9.79. The number of nitrogens with two attached hydrogens (primary N) is 1. The van der Waals surface area contributed by atoms with Crippen LogP contribution in [0.5, 0.6) is 0 Å². The monoisotopic (exact) mass is 228 g/mol. The molecule has 0 radical (unpaired) electrons. The molecule has 0 fully saturated rings. The first-order chi connectivity index (χ1) is 7.48. The summed E-state index contributed by atoms with van der Waals surface area (Å²) in [5.74, 6) is 5.96. The largest absolute Gasteiger partial charge is 0.268 e. The number of unbranched alkanes of at least 4 members (excludes halogenated alkanes) is 7. The second-order valence-electron chi connectivity index (χ2n) is 5.84. The Morgan fingerprint density at radius 1 is 0.812 bits per heavy atom. The lowest BCUT2D eigenvalue weighted by atomic mass is 10.1. The zero-order valence-electron chi connectivity index (χ0n) is 11.9. The Balaban J connectivity index is 3.21. The molecule has 0 rings (SSSR count). The van der Waals surface area contributed by atoms with Crippen LogP contribution in [-0.2, 0) is 0 Å². The van der Waals surface area contributed by atoms with Crippen molar-refractivity contribution < 1.29 is 0 Å². The van der Waals surface area contributed by atoms with E-state index in [1.807, 2.05) is 5.01 Å². The van der Waals surface area contributed by atoms with Crippen molar-refractivity contribution in [1.82, 2.24) is 5.01 Å². The summed E-state index contributed by atoms with van der Waals surface area (Å²) in [5.41, 5.74) is 0.112. The minimum absolute atomic E-state index is 0.112. The van der Waals surface area contributed by atoms with Crippen molar-refractivity contribution in [3.8, 4) is 0 Å². The van der Waals surface area contributed by atoms with Crippen LogP contribution in [0.25, 0.3) is 0 Å². The van der Waals surface area contributed by atoms with Crippen molar-refractivity contribution in [1.29, 1.82) is 0 Å². The molecule has 0 heterocycles. The van der Waals surface area contributed by atoms with Crippen molar-refractivity contribution in [2.45, 2.75) is 84.6 Å². The predicted octanol–water partition coefficient (Wildman–Crippen LogP) is 4.10. The normalized spacial score (nSPS) is 12.4. The molecule has 0 aromatic rings. The first-order valence-corrected chi connectivity index (χ1v) is 7.01. The molecule has 0 atom stereocenters. The van der Waals surface area contributed by atoms with Gasteiger partial charge in [0, 0.05) is 12.1 Å². The zero-order chi connectivity index (χ0) is 12.4. The molecule has 0 aliphatic heterocycles. The molecule has 0 spiro atoms. The van der Waals surface area contributed by atoms with Crippen molar-refractivity contribution >= 4 is 0 Å². The molecule has 0 unspecified atom stereocenters. The van der Waals surface area contributed by atoms with Gasteiger partial charge in [-0.1, -0.05) is 51.9 Å². The third-order valence-corrected chi connectivity index (χ3v) is 3.11. The second kappa shape index (κ2) is 9.00. The minimum atomic E-state index is 0.112. The lowest BCUT2D eigenvalue weighted by Crippen LogP contribution is -2.46. The van der Waals surface area contributed by atoms with Crippen molar-refractivity contribution in [3.05, 3.63) is 0 Å². The van der Waals surface area contributed by atoms with E-state index in [9.17, 15) is 0 Å². The summed E-state index contributed by atoms with van der Waals surface area (Å²) in [6.07, 6.45) is 10.9.